The summed E-state index contributed by atoms with van der Waals surface area (Å²) in [5.74, 6) is -0.00718. The van der Waals surface area contributed by atoms with E-state index >= 15 is 0 Å². The van der Waals surface area contributed by atoms with E-state index in [1.54, 1.807) is 6.20 Å². The first kappa shape index (κ1) is 12.2. The highest BCUT2D eigenvalue weighted by Crippen LogP contribution is 2.30. The zero-order valence-electron chi connectivity index (χ0n) is 10.8. The van der Waals surface area contributed by atoms with Gasteiger partial charge in [-0.25, -0.2) is 0 Å². The van der Waals surface area contributed by atoms with Gasteiger partial charge in [-0.3, -0.25) is 9.89 Å². The molecule has 19 heavy (non-hydrogen) atoms. The summed E-state index contributed by atoms with van der Waals surface area (Å²) in [6, 6.07) is 5.69. The molecule has 1 amide bonds. The molecule has 1 fully saturated rings. The van der Waals surface area contributed by atoms with E-state index in [1.807, 2.05) is 18.2 Å². The van der Waals surface area contributed by atoms with Crippen LogP contribution in [0, 0.1) is 0 Å². The van der Waals surface area contributed by atoms with E-state index in [2.05, 4.69) is 15.5 Å². The van der Waals surface area contributed by atoms with Crippen LogP contribution in [0.15, 0.2) is 24.4 Å². The summed E-state index contributed by atoms with van der Waals surface area (Å²) in [6.07, 6.45) is 6.29. The second-order valence-corrected chi connectivity index (χ2v) is 5.47. The van der Waals surface area contributed by atoms with Crippen LogP contribution in [-0.4, -0.2) is 21.6 Å². The highest BCUT2D eigenvalue weighted by molar-refractivity contribution is 5.94. The van der Waals surface area contributed by atoms with Gasteiger partial charge in [-0.05, 0) is 31.0 Å². The predicted molar refractivity (Wildman–Crippen MR) is 74.7 cm³/mol. The van der Waals surface area contributed by atoms with Crippen LogP contribution in [0.25, 0.3) is 10.9 Å². The van der Waals surface area contributed by atoms with Crippen molar-refractivity contribution in [1.29, 1.82) is 0 Å². The van der Waals surface area contributed by atoms with Crippen LogP contribution in [0.4, 0.5) is 5.69 Å². The SMILES string of the molecule is NC1(CC(=O)Nc2ccc3[nH]ncc3c2)CCCC1. The zero-order chi connectivity index (χ0) is 13.3. The largest absolute Gasteiger partial charge is 0.326 e. The number of amides is 1. The zero-order valence-corrected chi connectivity index (χ0v) is 10.8. The minimum atomic E-state index is -0.302. The third-order valence-corrected chi connectivity index (χ3v) is 3.84. The summed E-state index contributed by atoms with van der Waals surface area (Å²) < 4.78 is 0. The predicted octanol–water partition coefficient (Wildman–Crippen LogP) is 2.16. The molecule has 1 aromatic carbocycles. The molecule has 3 rings (SSSR count). The average Bonchev–Trinajstić information content (AvgIpc) is 2.97. The Bertz CT molecular complexity index is 598. The second-order valence-electron chi connectivity index (χ2n) is 5.47. The molecule has 1 aromatic heterocycles. The normalized spacial score (nSPS) is 17.7. The van der Waals surface area contributed by atoms with E-state index in [0.717, 1.165) is 42.3 Å². The number of nitrogens with two attached hydrogens (primary N) is 1. The van der Waals surface area contributed by atoms with E-state index in [1.165, 1.54) is 0 Å². The lowest BCUT2D eigenvalue weighted by atomic mass is 9.94. The summed E-state index contributed by atoms with van der Waals surface area (Å²) >= 11 is 0. The fourth-order valence-corrected chi connectivity index (χ4v) is 2.80. The fraction of sp³-hybridized carbons (Fsp3) is 0.429. The molecule has 0 saturated heterocycles. The molecule has 2 aromatic rings. The number of nitrogens with one attached hydrogen (secondary N) is 2. The molecule has 0 radical (unpaired) electrons. The van der Waals surface area contributed by atoms with Gasteiger partial charge in [-0.15, -0.1) is 0 Å². The highest BCUT2D eigenvalue weighted by Gasteiger charge is 2.31. The molecule has 0 aliphatic heterocycles. The summed E-state index contributed by atoms with van der Waals surface area (Å²) in [6.45, 7) is 0. The molecule has 4 N–H and O–H groups in total. The van der Waals surface area contributed by atoms with Gasteiger partial charge in [0.25, 0.3) is 0 Å². The monoisotopic (exact) mass is 258 g/mol. The van der Waals surface area contributed by atoms with Crippen molar-refractivity contribution in [1.82, 2.24) is 10.2 Å². The van der Waals surface area contributed by atoms with Crippen LogP contribution in [0.2, 0.25) is 0 Å². The Morgan fingerprint density at radius 3 is 3.00 bits per heavy atom. The minimum absolute atomic E-state index is 0.00718. The van der Waals surface area contributed by atoms with Gasteiger partial charge >= 0.3 is 0 Å². The van der Waals surface area contributed by atoms with Crippen LogP contribution in [-0.2, 0) is 4.79 Å². The van der Waals surface area contributed by atoms with Crippen molar-refractivity contribution in [3.05, 3.63) is 24.4 Å². The van der Waals surface area contributed by atoms with Crippen molar-refractivity contribution in [2.75, 3.05) is 5.32 Å². The third-order valence-electron chi connectivity index (χ3n) is 3.84. The minimum Gasteiger partial charge on any atom is -0.326 e. The van der Waals surface area contributed by atoms with E-state index in [-0.39, 0.29) is 11.4 Å². The smallest absolute Gasteiger partial charge is 0.226 e. The van der Waals surface area contributed by atoms with Gasteiger partial charge in [-0.2, -0.15) is 5.10 Å². The Hall–Kier alpha value is -1.88. The molecule has 0 atom stereocenters. The van der Waals surface area contributed by atoms with Gasteiger partial charge in [0.05, 0.1) is 11.7 Å². The third kappa shape index (κ3) is 2.61. The first-order valence-corrected chi connectivity index (χ1v) is 6.67. The maximum atomic E-state index is 12.0. The first-order chi connectivity index (χ1) is 9.15. The Morgan fingerprint density at radius 2 is 2.21 bits per heavy atom. The van der Waals surface area contributed by atoms with E-state index in [9.17, 15) is 4.79 Å². The molecule has 1 aliphatic rings. The number of H-pyrrole nitrogens is 1. The topological polar surface area (TPSA) is 83.8 Å². The van der Waals surface area contributed by atoms with Crippen molar-refractivity contribution in [2.45, 2.75) is 37.6 Å². The number of nitrogens with zero attached hydrogens (tertiary/aromatic N) is 1. The second kappa shape index (κ2) is 4.66. The van der Waals surface area contributed by atoms with Crippen molar-refractivity contribution in [3.63, 3.8) is 0 Å². The number of aromatic amines is 1. The number of rotatable bonds is 3. The standard InChI is InChI=1S/C14H18N4O/c15-14(5-1-2-6-14)8-13(19)17-11-3-4-12-10(7-11)9-16-18-12/h3-4,7,9H,1-2,5-6,8,15H2,(H,16,18)(H,17,19). The van der Waals surface area contributed by atoms with Crippen molar-refractivity contribution < 1.29 is 4.79 Å². The number of fused-ring (bicyclic) bond motifs is 1. The van der Waals surface area contributed by atoms with Gasteiger partial charge < -0.3 is 11.1 Å². The molecule has 5 nitrogen and oxygen atoms in total. The molecule has 5 heteroatoms. The van der Waals surface area contributed by atoms with Crippen LogP contribution in [0.5, 0.6) is 0 Å². The summed E-state index contributed by atoms with van der Waals surface area (Å²) in [5, 5.41) is 10.7. The van der Waals surface area contributed by atoms with Crippen molar-refractivity contribution >= 4 is 22.5 Å². The summed E-state index contributed by atoms with van der Waals surface area (Å²) in [7, 11) is 0. The number of carbonyl (C=O) groups is 1. The molecular weight excluding hydrogens is 240 g/mol. The number of carbonyl (C=O) groups excluding carboxylic acids is 1. The number of aromatic nitrogens is 2. The molecule has 1 heterocycles. The fourth-order valence-electron chi connectivity index (χ4n) is 2.80. The van der Waals surface area contributed by atoms with Crippen LogP contribution in [0.1, 0.15) is 32.1 Å². The van der Waals surface area contributed by atoms with Gasteiger partial charge in [0.15, 0.2) is 0 Å². The van der Waals surface area contributed by atoms with Gasteiger partial charge in [0, 0.05) is 23.0 Å². The molecule has 1 saturated carbocycles. The summed E-state index contributed by atoms with van der Waals surface area (Å²) in [4.78, 5) is 12.0. The highest BCUT2D eigenvalue weighted by atomic mass is 16.1. The van der Waals surface area contributed by atoms with Crippen molar-refractivity contribution in [2.24, 2.45) is 5.73 Å². The average molecular weight is 258 g/mol. The van der Waals surface area contributed by atoms with Crippen LogP contribution >= 0.6 is 0 Å². The Balaban J connectivity index is 1.68. The quantitative estimate of drug-likeness (QED) is 0.788. The number of hydrogen-bond acceptors (Lipinski definition) is 3. The molecule has 0 spiro atoms. The Labute approximate surface area is 111 Å². The lowest BCUT2D eigenvalue weighted by Gasteiger charge is -2.22. The molecule has 1 aliphatic carbocycles. The van der Waals surface area contributed by atoms with E-state index < -0.39 is 0 Å². The van der Waals surface area contributed by atoms with E-state index in [4.69, 9.17) is 5.73 Å². The lowest BCUT2D eigenvalue weighted by Crippen LogP contribution is -2.40. The van der Waals surface area contributed by atoms with Gasteiger partial charge in [-0.1, -0.05) is 12.8 Å². The molecule has 0 bridgehead atoms. The van der Waals surface area contributed by atoms with Crippen LogP contribution in [0.3, 0.4) is 0 Å². The van der Waals surface area contributed by atoms with Gasteiger partial charge in [0.1, 0.15) is 0 Å². The lowest BCUT2D eigenvalue weighted by molar-refractivity contribution is -0.117. The maximum Gasteiger partial charge on any atom is 0.226 e. The summed E-state index contributed by atoms with van der Waals surface area (Å²) in [5.41, 5.74) is 7.66. The maximum absolute atomic E-state index is 12.0. The number of hydrogen-bond donors (Lipinski definition) is 3. The number of benzene rings is 1. The van der Waals surface area contributed by atoms with Gasteiger partial charge in [0.2, 0.25) is 5.91 Å². The van der Waals surface area contributed by atoms with Crippen LogP contribution < -0.4 is 11.1 Å². The molecule has 100 valence electrons. The Morgan fingerprint density at radius 1 is 1.42 bits per heavy atom. The molecular formula is C14H18N4O. The number of anilines is 1. The van der Waals surface area contributed by atoms with Crippen molar-refractivity contribution in [3.8, 4) is 0 Å². The molecule has 0 unspecified atom stereocenters. The van der Waals surface area contributed by atoms with E-state index in [0.29, 0.717) is 6.42 Å². The Kier molecular flexibility index (Phi) is 2.98. The first-order valence-electron chi connectivity index (χ1n) is 6.67.